The smallest absolute Gasteiger partial charge is 0.157 e. The summed E-state index contributed by atoms with van der Waals surface area (Å²) in [5.74, 6) is 3.41. The highest BCUT2D eigenvalue weighted by molar-refractivity contribution is 5.80. The van der Waals surface area contributed by atoms with Gasteiger partial charge >= 0.3 is 0 Å². The summed E-state index contributed by atoms with van der Waals surface area (Å²) in [6.07, 6.45) is 3.33. The first kappa shape index (κ1) is 34.7. The lowest BCUT2D eigenvalue weighted by atomic mass is 10.2. The van der Waals surface area contributed by atoms with E-state index < -0.39 is 0 Å². The van der Waals surface area contributed by atoms with Crippen molar-refractivity contribution >= 4 is 22.1 Å². The third-order valence-corrected chi connectivity index (χ3v) is 7.48. The molecule has 4 heterocycles. The van der Waals surface area contributed by atoms with Crippen molar-refractivity contribution in [3.8, 4) is 40.3 Å². The van der Waals surface area contributed by atoms with E-state index in [0.717, 1.165) is 39.1 Å². The van der Waals surface area contributed by atoms with Crippen LogP contribution in [-0.2, 0) is 25.6 Å². The number of aromatic amines is 2. The fraction of sp³-hybridized carbons (Fsp3) is 0.333. The van der Waals surface area contributed by atoms with Gasteiger partial charge in [-0.1, -0.05) is 6.07 Å². The summed E-state index contributed by atoms with van der Waals surface area (Å²) in [5.41, 5.74) is 5.65. The van der Waals surface area contributed by atoms with Gasteiger partial charge < -0.3 is 48.2 Å². The number of aliphatic hydroxyl groups is 1. The van der Waals surface area contributed by atoms with Gasteiger partial charge in [0.25, 0.3) is 0 Å². The van der Waals surface area contributed by atoms with Gasteiger partial charge in [0.1, 0.15) is 41.9 Å². The van der Waals surface area contributed by atoms with Crippen LogP contribution in [0.5, 0.6) is 17.2 Å². The van der Waals surface area contributed by atoms with Crippen molar-refractivity contribution in [1.82, 2.24) is 29.9 Å². The Morgan fingerprint density at radius 2 is 1.00 bits per heavy atom. The van der Waals surface area contributed by atoms with E-state index >= 15 is 0 Å². The van der Waals surface area contributed by atoms with Crippen LogP contribution in [0.1, 0.15) is 5.56 Å². The Labute approximate surface area is 288 Å². The molecule has 0 unspecified atom stereocenters. The molecule has 14 heteroatoms. The quantitative estimate of drug-likeness (QED) is 0.0904. The van der Waals surface area contributed by atoms with Crippen LogP contribution < -0.4 is 14.2 Å². The zero-order valence-electron chi connectivity index (χ0n) is 27.8. The molecule has 0 spiro atoms. The maximum atomic E-state index is 9.33. The number of benzene rings is 2. The van der Waals surface area contributed by atoms with E-state index in [1.165, 1.54) is 0 Å². The van der Waals surface area contributed by atoms with Crippen LogP contribution >= 0.6 is 0 Å². The maximum absolute atomic E-state index is 9.33. The molecular weight excluding hydrogens is 644 g/mol. The van der Waals surface area contributed by atoms with Gasteiger partial charge in [-0.15, -0.1) is 0 Å². The van der Waals surface area contributed by atoms with Gasteiger partial charge in [0, 0.05) is 6.07 Å². The van der Waals surface area contributed by atoms with E-state index in [1.54, 1.807) is 19.5 Å². The Morgan fingerprint density at radius 1 is 0.540 bits per heavy atom. The van der Waals surface area contributed by atoms with E-state index in [2.05, 4.69) is 29.9 Å². The Morgan fingerprint density at radius 3 is 1.46 bits per heavy atom. The normalized spacial score (nSPS) is 11.4. The van der Waals surface area contributed by atoms with E-state index in [9.17, 15) is 5.11 Å². The third kappa shape index (κ3) is 9.74. The Kier molecular flexibility index (Phi) is 12.5. The van der Waals surface area contributed by atoms with Crippen molar-refractivity contribution in [3.05, 3.63) is 78.6 Å². The molecule has 0 aliphatic rings. The van der Waals surface area contributed by atoms with E-state index in [1.807, 2.05) is 60.7 Å². The second-order valence-corrected chi connectivity index (χ2v) is 11.0. The molecule has 0 aliphatic heterocycles. The molecule has 14 nitrogen and oxygen atoms in total. The number of nitrogens with one attached hydrogen (secondary N) is 2. The molecule has 0 radical (unpaired) electrons. The topological polar surface area (TPSA) is 168 Å². The SMILES string of the molecule is COc1ccc2nc(-c3ccc(OCCOCCOCCOCCOCCOc4ccc(-c5nc6ccc(CO)cc6[nH]5)nc4)cn3)[nH]c2c1. The van der Waals surface area contributed by atoms with Crippen molar-refractivity contribution in [2.24, 2.45) is 0 Å². The minimum Gasteiger partial charge on any atom is -0.497 e. The number of nitrogens with zero attached hydrogens (tertiary/aromatic N) is 4. The van der Waals surface area contributed by atoms with Crippen molar-refractivity contribution < 1.29 is 38.3 Å². The van der Waals surface area contributed by atoms with Crippen molar-refractivity contribution in [2.75, 3.05) is 73.2 Å². The number of hydrogen-bond acceptors (Lipinski definition) is 12. The minimum absolute atomic E-state index is 0.0168. The van der Waals surface area contributed by atoms with Gasteiger partial charge in [-0.25, -0.2) is 19.9 Å². The van der Waals surface area contributed by atoms with Gasteiger partial charge in [-0.3, -0.25) is 0 Å². The molecule has 0 atom stereocenters. The Hall–Kier alpha value is -5.12. The first-order valence-corrected chi connectivity index (χ1v) is 16.3. The van der Waals surface area contributed by atoms with E-state index in [4.69, 9.17) is 33.2 Å². The highest BCUT2D eigenvalue weighted by Crippen LogP contribution is 2.24. The number of hydrogen-bond donors (Lipinski definition) is 3. The number of pyridine rings is 2. The predicted octanol–water partition coefficient (Wildman–Crippen LogP) is 4.59. The van der Waals surface area contributed by atoms with Gasteiger partial charge in [0.05, 0.1) is 101 Å². The van der Waals surface area contributed by atoms with Crippen LogP contribution in [0.3, 0.4) is 0 Å². The van der Waals surface area contributed by atoms with Crippen LogP contribution in [0.25, 0.3) is 45.1 Å². The van der Waals surface area contributed by atoms with Crippen LogP contribution in [-0.4, -0.2) is 108 Å². The number of methoxy groups -OCH3 is 1. The molecule has 6 rings (SSSR count). The molecule has 4 aromatic heterocycles. The molecule has 50 heavy (non-hydrogen) atoms. The van der Waals surface area contributed by atoms with Crippen LogP contribution in [0.4, 0.5) is 0 Å². The molecule has 6 aromatic rings. The number of rotatable bonds is 21. The summed E-state index contributed by atoms with van der Waals surface area (Å²) in [5, 5.41) is 9.33. The first-order valence-electron chi connectivity index (χ1n) is 16.3. The lowest BCUT2D eigenvalue weighted by molar-refractivity contribution is -0.00700. The second-order valence-electron chi connectivity index (χ2n) is 11.0. The van der Waals surface area contributed by atoms with Crippen molar-refractivity contribution in [1.29, 1.82) is 0 Å². The lowest BCUT2D eigenvalue weighted by Gasteiger charge is -2.09. The van der Waals surface area contributed by atoms with Gasteiger partial charge in [0.15, 0.2) is 11.6 Å². The number of aliphatic hydroxyl groups excluding tert-OH is 1. The van der Waals surface area contributed by atoms with Gasteiger partial charge in [-0.05, 0) is 54.1 Å². The molecule has 0 aliphatic carbocycles. The van der Waals surface area contributed by atoms with E-state index in [-0.39, 0.29) is 6.61 Å². The molecule has 0 bridgehead atoms. The molecular formula is C36H40N6O8. The molecule has 262 valence electrons. The Balaban J connectivity index is 0.736. The molecule has 0 saturated carbocycles. The summed E-state index contributed by atoms with van der Waals surface area (Å²) in [6, 6.07) is 18.7. The van der Waals surface area contributed by atoms with Crippen LogP contribution in [0, 0.1) is 0 Å². The summed E-state index contributed by atoms with van der Waals surface area (Å²) >= 11 is 0. The molecule has 3 N–H and O–H groups in total. The number of fused-ring (bicyclic) bond motifs is 2. The number of H-pyrrole nitrogens is 2. The fourth-order valence-corrected chi connectivity index (χ4v) is 4.92. The summed E-state index contributed by atoms with van der Waals surface area (Å²) in [4.78, 5) is 24.6. The zero-order chi connectivity index (χ0) is 34.4. The summed E-state index contributed by atoms with van der Waals surface area (Å²) in [7, 11) is 1.64. The average molecular weight is 685 g/mol. The highest BCUT2D eigenvalue weighted by Gasteiger charge is 2.09. The minimum atomic E-state index is -0.0168. The summed E-state index contributed by atoms with van der Waals surface area (Å²) in [6.45, 7) is 4.45. The average Bonchev–Trinajstić information content (AvgIpc) is 3.79. The zero-order valence-corrected chi connectivity index (χ0v) is 27.8. The molecule has 0 saturated heterocycles. The Bertz CT molecular complexity index is 1770. The van der Waals surface area contributed by atoms with Gasteiger partial charge in [-0.2, -0.15) is 0 Å². The maximum Gasteiger partial charge on any atom is 0.157 e. The monoisotopic (exact) mass is 684 g/mol. The number of imidazole rings is 2. The molecule has 0 amide bonds. The molecule has 2 aromatic carbocycles. The van der Waals surface area contributed by atoms with Crippen molar-refractivity contribution in [2.45, 2.75) is 6.61 Å². The fourth-order valence-electron chi connectivity index (χ4n) is 4.92. The second kappa shape index (κ2) is 18.0. The number of aromatic nitrogens is 6. The molecule has 0 fully saturated rings. The van der Waals surface area contributed by atoms with Crippen molar-refractivity contribution in [3.63, 3.8) is 0 Å². The first-order chi connectivity index (χ1) is 24.7. The highest BCUT2D eigenvalue weighted by atomic mass is 16.6. The van der Waals surface area contributed by atoms with E-state index in [0.29, 0.717) is 94.9 Å². The van der Waals surface area contributed by atoms with Gasteiger partial charge in [0.2, 0.25) is 0 Å². The third-order valence-electron chi connectivity index (χ3n) is 7.48. The lowest BCUT2D eigenvalue weighted by Crippen LogP contribution is -2.14. The number of ether oxygens (including phenoxy) is 7. The standard InChI is InChI=1S/C36H40N6O8/c1-44-26-3-7-30-34(21-26)42-36(40-30)32-9-5-28(23-38-32)50-19-17-48-15-13-46-11-10-45-12-14-47-16-18-49-27-4-8-31(37-22-27)35-39-29-6-2-25(24-43)20-33(29)41-35/h2-9,20-23,43H,10-19,24H2,1H3,(H,39,41)(H,40,42). The predicted molar refractivity (Wildman–Crippen MR) is 185 cm³/mol. The van der Waals surface area contributed by atoms with Crippen LogP contribution in [0.15, 0.2) is 73.1 Å². The van der Waals surface area contributed by atoms with Crippen LogP contribution in [0.2, 0.25) is 0 Å². The summed E-state index contributed by atoms with van der Waals surface area (Å²) < 4.78 is 38.9. The largest absolute Gasteiger partial charge is 0.497 e.